The summed E-state index contributed by atoms with van der Waals surface area (Å²) in [5.41, 5.74) is -0.105. The zero-order chi connectivity index (χ0) is 20.7. The molecule has 0 aliphatic carbocycles. The predicted octanol–water partition coefficient (Wildman–Crippen LogP) is 3.20. The summed E-state index contributed by atoms with van der Waals surface area (Å²) in [7, 11) is 0. The summed E-state index contributed by atoms with van der Waals surface area (Å²) in [4.78, 5) is 34.1. The Morgan fingerprint density at radius 2 is 1.89 bits per heavy atom. The van der Waals surface area contributed by atoms with Crippen LogP contribution in [0.25, 0.3) is 5.76 Å². The average molecular weight is 381 g/mol. The van der Waals surface area contributed by atoms with Crippen LogP contribution in [0.15, 0.2) is 54.1 Å². The highest BCUT2D eigenvalue weighted by molar-refractivity contribution is 6.05. The molecule has 0 fully saturated rings. The molecule has 0 aromatic heterocycles. The van der Waals surface area contributed by atoms with Crippen molar-refractivity contribution in [2.24, 2.45) is 0 Å². The molecule has 28 heavy (non-hydrogen) atoms. The van der Waals surface area contributed by atoms with E-state index < -0.39 is 28.1 Å². The number of non-ortho nitro benzene ring substituents is 1. The third-order valence-electron chi connectivity index (χ3n) is 3.56. The molecular weight excluding hydrogens is 366 g/mol. The third kappa shape index (κ3) is 4.70. The molecule has 9 heteroatoms. The van der Waals surface area contributed by atoms with Crippen LogP contribution in [0.2, 0.25) is 0 Å². The predicted molar refractivity (Wildman–Crippen MR) is 99.3 cm³/mol. The van der Waals surface area contributed by atoms with E-state index in [0.29, 0.717) is 5.69 Å². The number of carbonyl (C=O) groups excluding carboxylic acids is 2. The minimum absolute atomic E-state index is 0.0555. The lowest BCUT2D eigenvalue weighted by Gasteiger charge is -2.08. The van der Waals surface area contributed by atoms with Gasteiger partial charge in [0.05, 0.1) is 11.5 Å². The molecule has 0 aliphatic rings. The number of aliphatic hydroxyl groups is 1. The highest BCUT2D eigenvalue weighted by atomic mass is 16.6. The van der Waals surface area contributed by atoms with E-state index in [1.54, 1.807) is 13.0 Å². The lowest BCUT2D eigenvalue weighted by Crippen LogP contribution is -2.12. The molecule has 0 bridgehead atoms. The summed E-state index contributed by atoms with van der Waals surface area (Å²) in [5, 5.41) is 32.5. The van der Waals surface area contributed by atoms with E-state index in [-0.39, 0.29) is 23.4 Å². The number of nitro groups is 1. The standard InChI is InChI=1S/C19H15N3O6/c1-2-28-19(25)16(11-20)17(23)12-6-8-14(9-7-12)21-18(24)13-4-3-5-15(10-13)22(26)27/h3-10,23H,2H2,1H3,(H,21,24). The number of hydrogen-bond acceptors (Lipinski definition) is 7. The number of nitriles is 1. The number of nitrogens with one attached hydrogen (secondary N) is 1. The van der Waals surface area contributed by atoms with Crippen LogP contribution in [0.3, 0.4) is 0 Å². The second kappa shape index (κ2) is 8.95. The minimum atomic E-state index is -0.939. The number of nitro benzene ring substituents is 1. The zero-order valence-electron chi connectivity index (χ0n) is 14.7. The number of amides is 1. The van der Waals surface area contributed by atoms with Gasteiger partial charge in [0.25, 0.3) is 11.6 Å². The summed E-state index contributed by atoms with van der Waals surface area (Å²) in [5.74, 6) is -2.04. The molecule has 0 saturated heterocycles. The molecule has 9 nitrogen and oxygen atoms in total. The average Bonchev–Trinajstić information content (AvgIpc) is 2.69. The number of carbonyl (C=O) groups is 2. The van der Waals surface area contributed by atoms with Gasteiger partial charge in [0.1, 0.15) is 11.8 Å². The van der Waals surface area contributed by atoms with Gasteiger partial charge in [0.15, 0.2) is 5.57 Å². The van der Waals surface area contributed by atoms with Crippen LogP contribution in [0.1, 0.15) is 22.8 Å². The molecule has 0 atom stereocenters. The van der Waals surface area contributed by atoms with Crippen LogP contribution < -0.4 is 5.32 Å². The Morgan fingerprint density at radius 3 is 2.46 bits per heavy atom. The third-order valence-corrected chi connectivity index (χ3v) is 3.56. The van der Waals surface area contributed by atoms with Gasteiger partial charge in [-0.1, -0.05) is 6.07 Å². The van der Waals surface area contributed by atoms with E-state index >= 15 is 0 Å². The van der Waals surface area contributed by atoms with Gasteiger partial charge in [-0.15, -0.1) is 0 Å². The number of nitrogens with zero attached hydrogens (tertiary/aromatic N) is 2. The first-order chi connectivity index (χ1) is 13.4. The smallest absolute Gasteiger partial charge is 0.352 e. The summed E-state index contributed by atoms with van der Waals surface area (Å²) in [6, 6.07) is 12.5. The van der Waals surface area contributed by atoms with Crippen LogP contribution in [0, 0.1) is 21.4 Å². The molecule has 0 radical (unpaired) electrons. The minimum Gasteiger partial charge on any atom is -0.506 e. The molecule has 0 unspecified atom stereocenters. The van der Waals surface area contributed by atoms with Crippen molar-refractivity contribution in [3.05, 3.63) is 75.3 Å². The lowest BCUT2D eigenvalue weighted by molar-refractivity contribution is -0.384. The second-order valence-electron chi connectivity index (χ2n) is 5.39. The molecule has 0 heterocycles. The fourth-order valence-corrected chi connectivity index (χ4v) is 2.22. The SMILES string of the molecule is CCOC(=O)C(C#N)=C(O)c1ccc(NC(=O)c2cccc([N+](=O)[O-])c2)cc1. The second-order valence-corrected chi connectivity index (χ2v) is 5.39. The fourth-order valence-electron chi connectivity index (χ4n) is 2.22. The van der Waals surface area contributed by atoms with E-state index in [0.717, 1.165) is 6.07 Å². The molecule has 2 rings (SSSR count). The highest BCUT2D eigenvalue weighted by Crippen LogP contribution is 2.20. The number of esters is 1. The van der Waals surface area contributed by atoms with Crippen molar-refractivity contribution in [2.75, 3.05) is 11.9 Å². The van der Waals surface area contributed by atoms with E-state index in [9.17, 15) is 24.8 Å². The van der Waals surface area contributed by atoms with Gasteiger partial charge >= 0.3 is 5.97 Å². The van der Waals surface area contributed by atoms with Crippen LogP contribution in [0.4, 0.5) is 11.4 Å². The maximum atomic E-state index is 12.2. The first kappa shape index (κ1) is 20.1. The number of benzene rings is 2. The summed E-state index contributed by atoms with van der Waals surface area (Å²) < 4.78 is 4.71. The number of rotatable bonds is 6. The fraction of sp³-hybridized carbons (Fsp3) is 0.105. The number of aliphatic hydroxyl groups excluding tert-OH is 1. The van der Waals surface area contributed by atoms with Crippen LogP contribution >= 0.6 is 0 Å². The van der Waals surface area contributed by atoms with Gasteiger partial charge in [-0.3, -0.25) is 14.9 Å². The molecule has 2 aromatic rings. The van der Waals surface area contributed by atoms with Gasteiger partial charge in [-0.05, 0) is 37.3 Å². The number of ether oxygens (including phenoxy) is 1. The molecule has 0 aliphatic heterocycles. The van der Waals surface area contributed by atoms with Crippen LogP contribution in [-0.2, 0) is 9.53 Å². The van der Waals surface area contributed by atoms with Crippen molar-refractivity contribution in [1.82, 2.24) is 0 Å². The van der Waals surface area contributed by atoms with Crippen LogP contribution in [0.5, 0.6) is 0 Å². The van der Waals surface area contributed by atoms with Crippen molar-refractivity contribution in [3.63, 3.8) is 0 Å². The molecule has 0 saturated carbocycles. The summed E-state index contributed by atoms with van der Waals surface area (Å²) in [6.07, 6.45) is 0. The highest BCUT2D eigenvalue weighted by Gasteiger charge is 2.18. The Balaban J connectivity index is 2.20. The van der Waals surface area contributed by atoms with Crippen molar-refractivity contribution in [3.8, 4) is 6.07 Å². The van der Waals surface area contributed by atoms with Crippen molar-refractivity contribution in [1.29, 1.82) is 5.26 Å². The van der Waals surface area contributed by atoms with E-state index in [1.807, 2.05) is 0 Å². The van der Waals surface area contributed by atoms with Crippen molar-refractivity contribution in [2.45, 2.75) is 6.92 Å². The molecule has 2 N–H and O–H groups in total. The molecular formula is C19H15N3O6. The van der Waals surface area contributed by atoms with Gasteiger partial charge in [0, 0.05) is 28.9 Å². The van der Waals surface area contributed by atoms with Crippen LogP contribution in [-0.4, -0.2) is 28.5 Å². The van der Waals surface area contributed by atoms with Crippen molar-refractivity contribution >= 4 is 29.0 Å². The van der Waals surface area contributed by atoms with E-state index in [2.05, 4.69) is 5.32 Å². The largest absolute Gasteiger partial charge is 0.506 e. The molecule has 0 spiro atoms. The topological polar surface area (TPSA) is 143 Å². The monoisotopic (exact) mass is 381 g/mol. The zero-order valence-corrected chi connectivity index (χ0v) is 14.7. The Kier molecular flexibility index (Phi) is 6.44. The first-order valence-corrected chi connectivity index (χ1v) is 8.04. The number of anilines is 1. The lowest BCUT2D eigenvalue weighted by atomic mass is 10.1. The molecule has 2 aromatic carbocycles. The van der Waals surface area contributed by atoms with Gasteiger partial charge in [0.2, 0.25) is 0 Å². The molecule has 142 valence electrons. The van der Waals surface area contributed by atoms with Crippen molar-refractivity contribution < 1.29 is 24.4 Å². The van der Waals surface area contributed by atoms with Gasteiger partial charge in [-0.2, -0.15) is 5.26 Å². The normalized spacial score (nSPS) is 11.0. The first-order valence-electron chi connectivity index (χ1n) is 8.04. The summed E-state index contributed by atoms with van der Waals surface area (Å²) in [6.45, 7) is 1.63. The summed E-state index contributed by atoms with van der Waals surface area (Å²) >= 11 is 0. The van der Waals surface area contributed by atoms with E-state index in [1.165, 1.54) is 42.5 Å². The maximum Gasteiger partial charge on any atom is 0.352 e. The maximum absolute atomic E-state index is 12.2. The Labute approximate surface area is 159 Å². The Bertz CT molecular complexity index is 989. The van der Waals surface area contributed by atoms with E-state index in [4.69, 9.17) is 10.00 Å². The van der Waals surface area contributed by atoms with Gasteiger partial charge in [-0.25, -0.2) is 4.79 Å². The Morgan fingerprint density at radius 1 is 1.21 bits per heavy atom. The Hall–Kier alpha value is -4.19. The quantitative estimate of drug-likeness (QED) is 0.195. The van der Waals surface area contributed by atoms with Gasteiger partial charge < -0.3 is 15.2 Å². The molecule has 1 amide bonds. The number of hydrogen-bond donors (Lipinski definition) is 2.